The summed E-state index contributed by atoms with van der Waals surface area (Å²) in [5.74, 6) is -0.736. The highest BCUT2D eigenvalue weighted by atomic mass is 32.1. The normalized spacial score (nSPS) is 18.6. The van der Waals surface area contributed by atoms with Gasteiger partial charge in [0.25, 0.3) is 0 Å². The van der Waals surface area contributed by atoms with Gasteiger partial charge in [-0.05, 0) is 77.1 Å². The van der Waals surface area contributed by atoms with E-state index in [0.717, 1.165) is 65.7 Å². The van der Waals surface area contributed by atoms with Gasteiger partial charge in [-0.3, -0.25) is 9.59 Å². The number of benzene rings is 1. The lowest BCUT2D eigenvalue weighted by Crippen LogP contribution is -2.53. The molecule has 2 aliphatic rings. The Kier molecular flexibility index (Phi) is 9.09. The Morgan fingerprint density at radius 1 is 1.17 bits per heavy atom. The third kappa shape index (κ3) is 6.18. The topological polar surface area (TPSA) is 114 Å². The Balaban J connectivity index is 1.45. The first-order valence-corrected chi connectivity index (χ1v) is 15.3. The molecule has 0 unspecified atom stereocenters. The molecule has 1 aliphatic heterocycles. The Hall–Kier alpha value is -3.63. The van der Waals surface area contributed by atoms with Crippen LogP contribution in [0.25, 0.3) is 22.2 Å². The number of amides is 2. The summed E-state index contributed by atoms with van der Waals surface area (Å²) in [6.07, 6.45) is 7.63. The Morgan fingerprint density at radius 3 is 2.76 bits per heavy atom. The number of fused-ring (bicyclic) bond motifs is 1. The zero-order valence-corrected chi connectivity index (χ0v) is 24.6. The molecule has 2 N–H and O–H groups in total. The number of allylic oxidation sites excluding steroid dienone is 1. The first-order valence-electron chi connectivity index (χ1n) is 14.4. The number of thiazole rings is 1. The molecule has 1 aromatic carbocycles. The SMILES string of the molecule is CCOC(=O)c1cc(-c2csc([C@@H]3CCCN3C(=O)[C@@H](NC(=O)[C@H](C)NC)C3=CCCCC3)n2)c2ccccc2n1. The van der Waals surface area contributed by atoms with Crippen LogP contribution in [0.3, 0.4) is 0 Å². The number of likely N-dealkylation sites (N-methyl/N-ethyl adjacent to an activating group) is 1. The van der Waals surface area contributed by atoms with Crippen LogP contribution in [-0.4, -0.2) is 64.9 Å². The van der Waals surface area contributed by atoms with Crippen LogP contribution in [0.15, 0.2) is 47.4 Å². The zero-order valence-electron chi connectivity index (χ0n) is 23.8. The molecule has 216 valence electrons. The molecule has 1 fully saturated rings. The van der Waals surface area contributed by atoms with Crippen molar-refractivity contribution in [3.05, 3.63) is 58.1 Å². The highest BCUT2D eigenvalue weighted by Gasteiger charge is 2.38. The Morgan fingerprint density at radius 2 is 2.00 bits per heavy atom. The van der Waals surface area contributed by atoms with Gasteiger partial charge >= 0.3 is 5.97 Å². The van der Waals surface area contributed by atoms with Gasteiger partial charge in [0.05, 0.1) is 29.9 Å². The van der Waals surface area contributed by atoms with Crippen LogP contribution in [0.1, 0.15) is 73.9 Å². The van der Waals surface area contributed by atoms with Crippen LogP contribution >= 0.6 is 11.3 Å². The average Bonchev–Trinajstić information content (AvgIpc) is 3.69. The average molecular weight is 576 g/mol. The number of carbonyl (C=O) groups excluding carboxylic acids is 3. The maximum absolute atomic E-state index is 14.1. The number of esters is 1. The van der Waals surface area contributed by atoms with Crippen LogP contribution in [0.5, 0.6) is 0 Å². The van der Waals surface area contributed by atoms with Crippen LogP contribution < -0.4 is 10.6 Å². The van der Waals surface area contributed by atoms with E-state index in [0.29, 0.717) is 12.1 Å². The molecule has 0 saturated carbocycles. The molecule has 1 aliphatic carbocycles. The molecule has 9 nitrogen and oxygen atoms in total. The summed E-state index contributed by atoms with van der Waals surface area (Å²) >= 11 is 1.51. The molecule has 0 radical (unpaired) electrons. The quantitative estimate of drug-likeness (QED) is 0.279. The number of rotatable bonds is 9. The molecular weight excluding hydrogens is 538 g/mol. The number of pyridine rings is 1. The van der Waals surface area contributed by atoms with Crippen molar-refractivity contribution in [1.29, 1.82) is 0 Å². The van der Waals surface area contributed by atoms with E-state index in [-0.39, 0.29) is 30.2 Å². The summed E-state index contributed by atoms with van der Waals surface area (Å²) in [7, 11) is 1.74. The Bertz CT molecular complexity index is 1470. The number of hydrogen-bond donors (Lipinski definition) is 2. The van der Waals surface area contributed by atoms with Crippen molar-refractivity contribution in [2.45, 2.75) is 70.5 Å². The standard InChI is InChI=1S/C31H37N5O4S/c1-4-40-31(39)24-17-22(21-13-8-9-14-23(21)33-24)25-18-41-29(34-25)26-15-10-16-36(26)30(38)27(20-11-6-5-7-12-20)35-28(37)19(2)32-3/h8-9,11,13-14,17-19,26-27,32H,4-7,10,12,15-16H2,1-3H3,(H,35,37)/t19-,26-,27-/m0/s1. The van der Waals surface area contributed by atoms with Crippen LogP contribution in [-0.2, 0) is 14.3 Å². The second-order valence-electron chi connectivity index (χ2n) is 10.5. The molecular formula is C31H37N5O4S. The summed E-state index contributed by atoms with van der Waals surface area (Å²) in [5.41, 5.74) is 3.46. The van der Waals surface area contributed by atoms with Gasteiger partial charge in [0.15, 0.2) is 0 Å². The van der Waals surface area contributed by atoms with E-state index in [1.807, 2.05) is 34.5 Å². The van der Waals surface area contributed by atoms with E-state index >= 15 is 0 Å². The fourth-order valence-corrected chi connectivity index (χ4v) is 6.52. The second-order valence-corrected chi connectivity index (χ2v) is 11.4. The lowest BCUT2D eigenvalue weighted by molar-refractivity contribution is -0.136. The number of nitrogens with zero attached hydrogens (tertiary/aromatic N) is 3. The van der Waals surface area contributed by atoms with Gasteiger partial charge in [-0.1, -0.05) is 24.3 Å². The minimum Gasteiger partial charge on any atom is -0.461 e. The maximum Gasteiger partial charge on any atom is 0.356 e. The van der Waals surface area contributed by atoms with Gasteiger partial charge in [0, 0.05) is 22.9 Å². The first-order chi connectivity index (χ1) is 19.9. The number of ether oxygens (including phenoxy) is 1. The van der Waals surface area contributed by atoms with Crippen molar-refractivity contribution in [3.63, 3.8) is 0 Å². The molecule has 2 aromatic heterocycles. The smallest absolute Gasteiger partial charge is 0.356 e. The van der Waals surface area contributed by atoms with E-state index < -0.39 is 18.1 Å². The highest BCUT2D eigenvalue weighted by Crippen LogP contribution is 2.38. The number of nitrogens with one attached hydrogen (secondary N) is 2. The predicted molar refractivity (Wildman–Crippen MR) is 159 cm³/mol. The number of para-hydroxylation sites is 1. The Labute approximate surface area is 244 Å². The van der Waals surface area contributed by atoms with Gasteiger partial charge < -0.3 is 20.3 Å². The summed E-state index contributed by atoms with van der Waals surface area (Å²) in [6, 6.07) is 8.15. The van der Waals surface area contributed by atoms with E-state index in [4.69, 9.17) is 9.72 Å². The number of carbonyl (C=O) groups is 3. The van der Waals surface area contributed by atoms with E-state index in [2.05, 4.69) is 21.7 Å². The largest absolute Gasteiger partial charge is 0.461 e. The molecule has 0 bridgehead atoms. The van der Waals surface area contributed by atoms with E-state index in [9.17, 15) is 14.4 Å². The summed E-state index contributed by atoms with van der Waals surface area (Å²) < 4.78 is 5.21. The van der Waals surface area contributed by atoms with Gasteiger partial charge in [-0.25, -0.2) is 14.8 Å². The highest BCUT2D eigenvalue weighted by molar-refractivity contribution is 7.10. The van der Waals surface area contributed by atoms with E-state index in [1.54, 1.807) is 27.0 Å². The van der Waals surface area contributed by atoms with Crippen LogP contribution in [0.2, 0.25) is 0 Å². The van der Waals surface area contributed by atoms with Gasteiger partial charge in [0.2, 0.25) is 11.8 Å². The fraction of sp³-hybridized carbons (Fsp3) is 0.452. The van der Waals surface area contributed by atoms with Crippen molar-refractivity contribution in [3.8, 4) is 11.3 Å². The second kappa shape index (κ2) is 12.9. The van der Waals surface area contributed by atoms with E-state index in [1.165, 1.54) is 11.3 Å². The molecule has 2 amide bonds. The van der Waals surface area contributed by atoms with Crippen molar-refractivity contribution in [2.24, 2.45) is 0 Å². The maximum atomic E-state index is 14.1. The van der Waals surface area contributed by atoms with Crippen molar-refractivity contribution in [1.82, 2.24) is 25.5 Å². The van der Waals surface area contributed by atoms with Crippen LogP contribution in [0.4, 0.5) is 0 Å². The third-order valence-electron chi connectivity index (χ3n) is 7.88. The monoisotopic (exact) mass is 575 g/mol. The summed E-state index contributed by atoms with van der Waals surface area (Å²) in [5, 5.41) is 9.71. The number of hydrogen-bond acceptors (Lipinski definition) is 8. The van der Waals surface area contributed by atoms with Gasteiger partial charge in [0.1, 0.15) is 16.7 Å². The van der Waals surface area contributed by atoms with Crippen molar-refractivity contribution in [2.75, 3.05) is 20.2 Å². The minimum atomic E-state index is -0.671. The number of aromatic nitrogens is 2. The van der Waals surface area contributed by atoms with Crippen molar-refractivity contribution < 1.29 is 19.1 Å². The predicted octanol–water partition coefficient (Wildman–Crippen LogP) is 4.79. The molecule has 0 spiro atoms. The molecule has 5 rings (SSSR count). The first kappa shape index (κ1) is 28.9. The molecule has 3 atom stereocenters. The zero-order chi connectivity index (χ0) is 28.9. The molecule has 10 heteroatoms. The molecule has 3 aromatic rings. The summed E-state index contributed by atoms with van der Waals surface area (Å²) in [4.78, 5) is 50.9. The molecule has 3 heterocycles. The number of likely N-dealkylation sites (tertiary alicyclic amines) is 1. The van der Waals surface area contributed by atoms with Gasteiger partial charge in [-0.15, -0.1) is 11.3 Å². The van der Waals surface area contributed by atoms with Crippen molar-refractivity contribution >= 4 is 40.0 Å². The third-order valence-corrected chi connectivity index (χ3v) is 8.82. The fourth-order valence-electron chi connectivity index (χ4n) is 5.55. The lowest BCUT2D eigenvalue weighted by atomic mass is 9.92. The molecule has 41 heavy (non-hydrogen) atoms. The molecule has 1 saturated heterocycles. The lowest BCUT2D eigenvalue weighted by Gasteiger charge is -2.31. The van der Waals surface area contributed by atoms with Gasteiger partial charge in [-0.2, -0.15) is 0 Å². The van der Waals surface area contributed by atoms with Crippen LogP contribution in [0, 0.1) is 0 Å². The minimum absolute atomic E-state index is 0.0759. The summed E-state index contributed by atoms with van der Waals surface area (Å²) in [6.45, 7) is 4.44.